The van der Waals surface area contributed by atoms with Gasteiger partial charge in [-0.2, -0.15) is 0 Å². The van der Waals surface area contributed by atoms with Crippen LogP contribution in [0.4, 0.5) is 0 Å². The first-order chi connectivity index (χ1) is 23.8. The molecule has 2 aromatic carbocycles. The molecule has 0 aliphatic heterocycles. The van der Waals surface area contributed by atoms with Crippen LogP contribution in [0, 0.1) is 0 Å². The molecule has 0 fully saturated rings. The lowest BCUT2D eigenvalue weighted by Gasteiger charge is -2.35. The van der Waals surface area contributed by atoms with E-state index in [2.05, 4.69) is 90.0 Å². The maximum absolute atomic E-state index is 13.7. The van der Waals surface area contributed by atoms with Crippen LogP contribution in [0.2, 0.25) is 0 Å². The number of hydrogen-bond donors (Lipinski definition) is 4. The monoisotopic (exact) mass is 743 g/mol. The molecule has 0 aliphatic rings. The van der Waals surface area contributed by atoms with Gasteiger partial charge in [-0.3, -0.25) is 4.57 Å². The second-order valence-electron chi connectivity index (χ2n) is 19.9. The summed E-state index contributed by atoms with van der Waals surface area (Å²) in [4.78, 5) is 22.4. The third-order valence-electron chi connectivity index (χ3n) is 10.9. The molecule has 0 amide bonds. The van der Waals surface area contributed by atoms with E-state index in [-0.39, 0.29) is 11.5 Å². The zero-order valence-corrected chi connectivity index (χ0v) is 36.6. The summed E-state index contributed by atoms with van der Waals surface area (Å²) in [5, 5.41) is 23.3. The minimum atomic E-state index is -4.62. The molecule has 298 valence electrons. The Morgan fingerprint density at radius 2 is 0.731 bits per heavy atom. The van der Waals surface area contributed by atoms with Crippen LogP contribution in [0.25, 0.3) is 0 Å². The van der Waals surface area contributed by atoms with E-state index in [0.29, 0.717) is 6.42 Å². The van der Waals surface area contributed by atoms with Gasteiger partial charge in [0, 0.05) is 5.92 Å². The van der Waals surface area contributed by atoms with Gasteiger partial charge in [-0.1, -0.05) is 204 Å². The number of rotatable bonds is 19. The Morgan fingerprint density at radius 1 is 0.481 bits per heavy atom. The number of aromatic hydroxyl groups is 2. The topological polar surface area (TPSA) is 98.0 Å². The fourth-order valence-electron chi connectivity index (χ4n) is 7.67. The van der Waals surface area contributed by atoms with Gasteiger partial charge in [0.1, 0.15) is 11.5 Å². The number of hydrogen-bond acceptors (Lipinski definition) is 3. The van der Waals surface area contributed by atoms with Crippen LogP contribution >= 0.6 is 7.60 Å². The highest BCUT2D eigenvalue weighted by molar-refractivity contribution is 7.52. The molecule has 0 aliphatic carbocycles. The van der Waals surface area contributed by atoms with Crippen LogP contribution < -0.4 is 0 Å². The van der Waals surface area contributed by atoms with Crippen LogP contribution in [-0.2, 0) is 26.2 Å². The lowest BCUT2D eigenvalue weighted by atomic mass is 9.73. The first kappa shape index (κ1) is 46.3. The van der Waals surface area contributed by atoms with Crippen LogP contribution in [0.15, 0.2) is 24.3 Å². The van der Waals surface area contributed by atoms with Crippen molar-refractivity contribution < 1.29 is 24.6 Å². The van der Waals surface area contributed by atoms with Crippen LogP contribution in [0.3, 0.4) is 0 Å². The third kappa shape index (κ3) is 13.8. The molecule has 0 saturated heterocycles. The standard InChI is InChI=1S/C46H79O5P/c1-14-15-16-17-18-19-20-21-22-23-24-25-26-27-28-39(52(49,50)51)40(33-29-35(43(2,3)4)41(47)36(30-33)44(5,6)7)34-31-37(45(8,9)10)42(48)38(32-34)46(11,12)13/h29-32,39-40,47-48H,14-28H2,1-13H3,(H2,49,50,51). The summed E-state index contributed by atoms with van der Waals surface area (Å²) < 4.78 is 13.7. The normalized spacial score (nSPS) is 14.0. The summed E-state index contributed by atoms with van der Waals surface area (Å²) >= 11 is 0. The molecule has 4 N–H and O–H groups in total. The van der Waals surface area contributed by atoms with Gasteiger partial charge in [0.05, 0.1) is 5.66 Å². The van der Waals surface area contributed by atoms with Crippen molar-refractivity contribution in [2.45, 2.75) is 220 Å². The highest BCUT2D eigenvalue weighted by Gasteiger charge is 2.41. The van der Waals surface area contributed by atoms with Crippen molar-refractivity contribution in [1.82, 2.24) is 0 Å². The van der Waals surface area contributed by atoms with E-state index >= 15 is 0 Å². The number of benzene rings is 2. The van der Waals surface area contributed by atoms with Crippen molar-refractivity contribution in [3.8, 4) is 11.5 Å². The van der Waals surface area contributed by atoms with E-state index in [0.717, 1.165) is 59.1 Å². The minimum absolute atomic E-state index is 0.249. The molecular formula is C46H79O5P. The predicted molar refractivity (Wildman–Crippen MR) is 224 cm³/mol. The molecule has 2 rings (SSSR count). The van der Waals surface area contributed by atoms with Crippen molar-refractivity contribution >= 4 is 7.60 Å². The molecule has 0 spiro atoms. The van der Waals surface area contributed by atoms with Crippen molar-refractivity contribution in [3.05, 3.63) is 57.6 Å². The van der Waals surface area contributed by atoms with Gasteiger partial charge in [-0.05, 0) is 61.5 Å². The number of unbranched alkanes of at least 4 members (excludes halogenated alkanes) is 13. The molecular weight excluding hydrogens is 663 g/mol. The first-order valence-corrected chi connectivity index (χ1v) is 22.3. The fraction of sp³-hybridized carbons (Fsp3) is 0.739. The Labute approximate surface area is 320 Å². The highest BCUT2D eigenvalue weighted by atomic mass is 31.2. The first-order valence-electron chi connectivity index (χ1n) is 20.6. The molecule has 6 heteroatoms. The summed E-state index contributed by atoms with van der Waals surface area (Å²) in [6.45, 7) is 27.1. The fourth-order valence-corrected chi connectivity index (χ4v) is 8.92. The average molecular weight is 743 g/mol. The van der Waals surface area contributed by atoms with E-state index in [1.54, 1.807) is 0 Å². The molecule has 1 unspecified atom stereocenters. The molecule has 0 radical (unpaired) electrons. The highest BCUT2D eigenvalue weighted by Crippen LogP contribution is 2.55. The number of phenolic OH excluding ortho intramolecular Hbond substituents is 2. The maximum atomic E-state index is 13.7. The molecule has 1 atom stereocenters. The third-order valence-corrected chi connectivity index (χ3v) is 12.3. The summed E-state index contributed by atoms with van der Waals surface area (Å²) in [6, 6.07) is 7.96. The van der Waals surface area contributed by atoms with Crippen molar-refractivity contribution in [1.29, 1.82) is 0 Å². The van der Waals surface area contributed by atoms with Crippen LogP contribution in [0.1, 0.15) is 226 Å². The average Bonchev–Trinajstić information content (AvgIpc) is 2.98. The lowest BCUT2D eigenvalue weighted by Crippen LogP contribution is -2.25. The van der Waals surface area contributed by atoms with Crippen LogP contribution in [-0.4, -0.2) is 25.7 Å². The quantitative estimate of drug-likeness (QED) is 0.0848. The largest absolute Gasteiger partial charge is 0.507 e. The molecule has 0 bridgehead atoms. The summed E-state index contributed by atoms with van der Waals surface area (Å²) in [6.07, 6.45) is 17.5. The van der Waals surface area contributed by atoms with Gasteiger partial charge in [0.2, 0.25) is 0 Å². The molecule has 2 aromatic rings. The van der Waals surface area contributed by atoms with Gasteiger partial charge < -0.3 is 20.0 Å². The lowest BCUT2D eigenvalue weighted by molar-refractivity contribution is 0.345. The van der Waals surface area contributed by atoms with Gasteiger partial charge in [-0.15, -0.1) is 0 Å². The SMILES string of the molecule is CCCCCCCCCCCCCCCCC(C(c1cc(C(C)(C)C)c(O)c(C(C)(C)C)c1)c1cc(C(C)(C)C)c(O)c(C(C)(C)C)c1)P(=O)(O)O. The molecule has 0 heterocycles. The predicted octanol–water partition coefficient (Wildman–Crippen LogP) is 13.8. The zero-order chi connectivity index (χ0) is 39.7. The molecule has 52 heavy (non-hydrogen) atoms. The minimum Gasteiger partial charge on any atom is -0.507 e. The van der Waals surface area contributed by atoms with Gasteiger partial charge in [-0.25, -0.2) is 0 Å². The van der Waals surface area contributed by atoms with Crippen molar-refractivity contribution in [2.75, 3.05) is 0 Å². The second-order valence-corrected chi connectivity index (χ2v) is 21.8. The Balaban J connectivity index is 2.54. The van der Waals surface area contributed by atoms with E-state index in [4.69, 9.17) is 0 Å². The summed E-state index contributed by atoms with van der Waals surface area (Å²) in [7, 11) is -4.62. The molecule has 0 aromatic heterocycles. The van der Waals surface area contributed by atoms with Gasteiger partial charge in [0.25, 0.3) is 0 Å². The Bertz CT molecular complexity index is 1290. The summed E-state index contributed by atoms with van der Waals surface area (Å²) in [5.74, 6) is -0.147. The smallest absolute Gasteiger partial charge is 0.329 e. The second kappa shape index (κ2) is 19.2. The Kier molecular flexibility index (Phi) is 17.1. The van der Waals surface area contributed by atoms with Crippen molar-refractivity contribution in [2.24, 2.45) is 0 Å². The Hall–Kier alpha value is -1.81. The van der Waals surface area contributed by atoms with E-state index in [1.165, 1.54) is 64.2 Å². The van der Waals surface area contributed by atoms with Crippen LogP contribution in [0.5, 0.6) is 11.5 Å². The summed E-state index contributed by atoms with van der Waals surface area (Å²) in [5.41, 5.74) is 2.11. The van der Waals surface area contributed by atoms with Gasteiger partial charge >= 0.3 is 7.60 Å². The zero-order valence-electron chi connectivity index (χ0n) is 35.7. The molecule has 5 nitrogen and oxygen atoms in total. The number of phenols is 2. The Morgan fingerprint density at radius 3 is 0.962 bits per heavy atom. The van der Waals surface area contributed by atoms with E-state index < -0.39 is 40.8 Å². The maximum Gasteiger partial charge on any atom is 0.329 e. The van der Waals surface area contributed by atoms with E-state index in [9.17, 15) is 24.6 Å². The van der Waals surface area contributed by atoms with Crippen molar-refractivity contribution in [3.63, 3.8) is 0 Å². The van der Waals surface area contributed by atoms with Gasteiger partial charge in [0.15, 0.2) is 0 Å². The molecule has 0 saturated carbocycles. The van der Waals surface area contributed by atoms with E-state index in [1.807, 2.05) is 24.3 Å².